The molecule has 0 atom stereocenters. The van der Waals surface area contributed by atoms with E-state index >= 15 is 0 Å². The van der Waals surface area contributed by atoms with E-state index in [0.29, 0.717) is 19.8 Å². The zero-order valence-electron chi connectivity index (χ0n) is 13.3. The first-order valence-electron chi connectivity index (χ1n) is 7.38. The number of amides is 1. The van der Waals surface area contributed by atoms with E-state index in [1.165, 1.54) is 19.2 Å². The van der Waals surface area contributed by atoms with Crippen molar-refractivity contribution in [3.05, 3.63) is 29.6 Å². The Balaban J connectivity index is 2.03. The minimum atomic E-state index is -0.635. The zero-order chi connectivity index (χ0) is 16.2. The van der Waals surface area contributed by atoms with Crippen molar-refractivity contribution >= 4 is 5.91 Å². The number of benzene rings is 1. The van der Waals surface area contributed by atoms with Gasteiger partial charge in [0.2, 0.25) is 0 Å². The number of nitrogens with one attached hydrogen (secondary N) is 1. The molecule has 0 unspecified atom stereocenters. The third kappa shape index (κ3) is 4.18. The maximum absolute atomic E-state index is 14.1. The molecule has 1 aromatic carbocycles. The quantitative estimate of drug-likeness (QED) is 0.899. The number of methoxy groups -OCH3 is 1. The lowest BCUT2D eigenvalue weighted by atomic mass is 10.0. The Kier molecular flexibility index (Phi) is 5.37. The maximum atomic E-state index is 14.1. The number of hydrogen-bond donors (Lipinski definition) is 1. The normalized spacial score (nSPS) is 16.4. The van der Waals surface area contributed by atoms with Gasteiger partial charge in [-0.3, -0.25) is 9.69 Å². The molecule has 1 aliphatic heterocycles. The van der Waals surface area contributed by atoms with Gasteiger partial charge in [0.05, 0.1) is 25.9 Å². The van der Waals surface area contributed by atoms with Crippen LogP contribution < -0.4 is 10.1 Å². The lowest BCUT2D eigenvalue weighted by Crippen LogP contribution is -2.53. The van der Waals surface area contributed by atoms with Crippen LogP contribution in [-0.4, -0.2) is 56.3 Å². The summed E-state index contributed by atoms with van der Waals surface area (Å²) >= 11 is 0. The number of nitrogens with zero attached hydrogens (tertiary/aromatic N) is 1. The Hall–Kier alpha value is -1.66. The van der Waals surface area contributed by atoms with Gasteiger partial charge in [-0.1, -0.05) is 6.07 Å². The van der Waals surface area contributed by atoms with Crippen LogP contribution in [-0.2, 0) is 4.74 Å². The molecule has 1 amide bonds. The Morgan fingerprint density at radius 1 is 1.41 bits per heavy atom. The largest absolute Gasteiger partial charge is 0.494 e. The molecule has 2 rings (SSSR count). The summed E-state index contributed by atoms with van der Waals surface area (Å²) < 4.78 is 24.4. The third-order valence-electron chi connectivity index (χ3n) is 3.60. The summed E-state index contributed by atoms with van der Waals surface area (Å²) in [6.45, 7) is 7.63. The Morgan fingerprint density at radius 2 is 2.09 bits per heavy atom. The summed E-state index contributed by atoms with van der Waals surface area (Å²) in [4.78, 5) is 14.6. The van der Waals surface area contributed by atoms with Gasteiger partial charge in [-0.2, -0.15) is 0 Å². The summed E-state index contributed by atoms with van der Waals surface area (Å²) in [5, 5.41) is 2.90. The molecule has 1 heterocycles. The third-order valence-corrected chi connectivity index (χ3v) is 3.60. The molecule has 122 valence electrons. The van der Waals surface area contributed by atoms with Crippen molar-refractivity contribution in [1.82, 2.24) is 10.2 Å². The van der Waals surface area contributed by atoms with Crippen LogP contribution in [0.25, 0.3) is 0 Å². The molecule has 1 aromatic rings. The van der Waals surface area contributed by atoms with Crippen LogP contribution in [0.1, 0.15) is 24.2 Å². The van der Waals surface area contributed by atoms with Gasteiger partial charge in [0, 0.05) is 25.2 Å². The van der Waals surface area contributed by atoms with Crippen molar-refractivity contribution in [2.45, 2.75) is 19.4 Å². The van der Waals surface area contributed by atoms with Gasteiger partial charge < -0.3 is 14.8 Å². The maximum Gasteiger partial charge on any atom is 0.254 e. The van der Waals surface area contributed by atoms with Crippen molar-refractivity contribution < 1.29 is 18.7 Å². The first-order chi connectivity index (χ1) is 10.4. The molecule has 5 nitrogen and oxygen atoms in total. The number of halogens is 1. The number of rotatable bonds is 5. The second-order valence-corrected chi connectivity index (χ2v) is 6.05. The van der Waals surface area contributed by atoms with Crippen LogP contribution in [0.3, 0.4) is 0 Å². The molecule has 1 saturated heterocycles. The van der Waals surface area contributed by atoms with E-state index in [4.69, 9.17) is 9.47 Å². The summed E-state index contributed by atoms with van der Waals surface area (Å²) in [6.07, 6.45) is 0. The molecule has 0 spiro atoms. The lowest BCUT2D eigenvalue weighted by molar-refractivity contribution is 0.0269. The van der Waals surface area contributed by atoms with Crippen LogP contribution in [0.5, 0.6) is 5.75 Å². The second-order valence-electron chi connectivity index (χ2n) is 6.05. The van der Waals surface area contributed by atoms with Gasteiger partial charge in [-0.25, -0.2) is 4.39 Å². The van der Waals surface area contributed by atoms with Crippen molar-refractivity contribution in [3.8, 4) is 5.75 Å². The minimum Gasteiger partial charge on any atom is -0.494 e. The fraction of sp³-hybridized carbons (Fsp3) is 0.562. The molecule has 0 saturated carbocycles. The van der Waals surface area contributed by atoms with Crippen molar-refractivity contribution in [2.24, 2.45) is 0 Å². The number of carbonyl (C=O) groups is 1. The highest BCUT2D eigenvalue weighted by Crippen LogP contribution is 2.20. The van der Waals surface area contributed by atoms with Gasteiger partial charge in [-0.05, 0) is 26.0 Å². The molecule has 1 aliphatic rings. The van der Waals surface area contributed by atoms with Gasteiger partial charge in [0.15, 0.2) is 11.6 Å². The molecule has 6 heteroatoms. The molecule has 0 aliphatic carbocycles. The van der Waals surface area contributed by atoms with E-state index < -0.39 is 17.3 Å². The number of hydrogen-bond acceptors (Lipinski definition) is 4. The van der Waals surface area contributed by atoms with E-state index in [9.17, 15) is 9.18 Å². The average Bonchev–Trinajstić information content (AvgIpc) is 2.47. The fourth-order valence-corrected chi connectivity index (χ4v) is 2.58. The zero-order valence-corrected chi connectivity index (χ0v) is 13.3. The van der Waals surface area contributed by atoms with E-state index in [1.54, 1.807) is 6.07 Å². The van der Waals surface area contributed by atoms with Gasteiger partial charge in [0.1, 0.15) is 0 Å². The summed E-state index contributed by atoms with van der Waals surface area (Å²) in [6, 6.07) is 4.55. The Labute approximate surface area is 130 Å². The number of carbonyl (C=O) groups excluding carboxylic acids is 1. The van der Waals surface area contributed by atoms with Crippen LogP contribution >= 0.6 is 0 Å². The average molecular weight is 310 g/mol. The van der Waals surface area contributed by atoms with Crippen LogP contribution in [0, 0.1) is 5.82 Å². The fourth-order valence-electron chi connectivity index (χ4n) is 2.58. The van der Waals surface area contributed by atoms with Crippen molar-refractivity contribution in [3.63, 3.8) is 0 Å². The first-order valence-corrected chi connectivity index (χ1v) is 7.38. The van der Waals surface area contributed by atoms with E-state index in [-0.39, 0.29) is 11.3 Å². The van der Waals surface area contributed by atoms with Gasteiger partial charge >= 0.3 is 0 Å². The molecule has 1 fully saturated rings. The summed E-state index contributed by atoms with van der Waals surface area (Å²) in [7, 11) is 1.38. The first kappa shape index (κ1) is 16.7. The van der Waals surface area contributed by atoms with Crippen LogP contribution in [0.4, 0.5) is 4.39 Å². The molecular weight excluding hydrogens is 287 g/mol. The molecule has 0 aromatic heterocycles. The number of ether oxygens (including phenoxy) is 2. The molecule has 0 bridgehead atoms. The Bertz CT molecular complexity index is 528. The van der Waals surface area contributed by atoms with Crippen LogP contribution in [0.2, 0.25) is 0 Å². The molecule has 0 radical (unpaired) electrons. The van der Waals surface area contributed by atoms with Gasteiger partial charge in [0.25, 0.3) is 5.91 Å². The highest BCUT2D eigenvalue weighted by molar-refractivity contribution is 5.95. The Morgan fingerprint density at radius 3 is 2.73 bits per heavy atom. The topological polar surface area (TPSA) is 50.8 Å². The smallest absolute Gasteiger partial charge is 0.254 e. The van der Waals surface area contributed by atoms with E-state index in [0.717, 1.165) is 13.1 Å². The SMILES string of the molecule is COc1cccc(C(=O)NC(C)(C)CN2CCOCC2)c1F. The molecule has 22 heavy (non-hydrogen) atoms. The summed E-state index contributed by atoms with van der Waals surface area (Å²) in [5.74, 6) is -1.00. The highest BCUT2D eigenvalue weighted by Gasteiger charge is 2.27. The lowest BCUT2D eigenvalue weighted by Gasteiger charge is -2.35. The minimum absolute atomic E-state index is 0.00518. The predicted molar refractivity (Wildman–Crippen MR) is 81.8 cm³/mol. The monoisotopic (exact) mass is 310 g/mol. The summed E-state index contributed by atoms with van der Waals surface area (Å²) in [5.41, 5.74) is -0.473. The van der Waals surface area contributed by atoms with Crippen molar-refractivity contribution in [2.75, 3.05) is 40.0 Å². The van der Waals surface area contributed by atoms with E-state index in [2.05, 4.69) is 10.2 Å². The van der Waals surface area contributed by atoms with Crippen LogP contribution in [0.15, 0.2) is 18.2 Å². The second kappa shape index (κ2) is 7.07. The van der Waals surface area contributed by atoms with Gasteiger partial charge in [-0.15, -0.1) is 0 Å². The predicted octanol–water partition coefficient (Wildman–Crippen LogP) is 1.67. The van der Waals surface area contributed by atoms with E-state index in [1.807, 2.05) is 13.8 Å². The standard InChI is InChI=1S/C16H23FN2O3/c1-16(2,11-19-7-9-22-10-8-19)18-15(20)12-5-4-6-13(21-3)14(12)17/h4-6H,7-11H2,1-3H3,(H,18,20). The number of morpholine rings is 1. The highest BCUT2D eigenvalue weighted by atomic mass is 19.1. The molecule has 1 N–H and O–H groups in total. The molecular formula is C16H23FN2O3. The van der Waals surface area contributed by atoms with Crippen molar-refractivity contribution in [1.29, 1.82) is 0 Å².